The molecule has 2 aliphatic heterocycles. The summed E-state index contributed by atoms with van der Waals surface area (Å²) in [4.78, 5) is 4.05. The zero-order chi connectivity index (χ0) is 9.26. The summed E-state index contributed by atoms with van der Waals surface area (Å²) in [5, 5.41) is 23.3. The van der Waals surface area contributed by atoms with E-state index in [0.29, 0.717) is 12.4 Å². The van der Waals surface area contributed by atoms with Crippen molar-refractivity contribution in [3.05, 3.63) is 24.4 Å². The lowest BCUT2D eigenvalue weighted by Crippen LogP contribution is -2.33. The van der Waals surface area contributed by atoms with Crippen LogP contribution in [0.15, 0.2) is 34.5 Å². The highest BCUT2D eigenvalue weighted by Gasteiger charge is 2.17. The molecule has 0 fully saturated rings. The molecule has 0 spiro atoms. The van der Waals surface area contributed by atoms with Crippen molar-refractivity contribution in [1.29, 1.82) is 0 Å². The predicted octanol–water partition coefficient (Wildman–Crippen LogP) is -0.549. The van der Waals surface area contributed by atoms with Gasteiger partial charge in [0.25, 0.3) is 0 Å². The minimum Gasteiger partial charge on any atom is -0.363 e. The number of hydrogen-bond donors (Lipinski definition) is 2. The molecule has 0 bridgehead atoms. The smallest absolute Gasteiger partial charge is 0.197 e. The van der Waals surface area contributed by atoms with Gasteiger partial charge in [0, 0.05) is 6.20 Å². The van der Waals surface area contributed by atoms with E-state index in [1.807, 2.05) is 6.08 Å². The van der Waals surface area contributed by atoms with Crippen LogP contribution in [0.25, 0.3) is 0 Å². The quantitative estimate of drug-likeness (QED) is 0.531. The van der Waals surface area contributed by atoms with Crippen LogP contribution in [0.5, 0.6) is 0 Å². The minimum atomic E-state index is -1.52. The molecule has 2 aliphatic rings. The van der Waals surface area contributed by atoms with Crippen LogP contribution in [0.2, 0.25) is 0 Å². The fourth-order valence-corrected chi connectivity index (χ4v) is 1.13. The van der Waals surface area contributed by atoms with E-state index in [9.17, 15) is 0 Å². The van der Waals surface area contributed by atoms with Gasteiger partial charge in [0.2, 0.25) is 0 Å². The Morgan fingerprint density at radius 2 is 2.23 bits per heavy atom. The Morgan fingerprint density at radius 1 is 1.38 bits per heavy atom. The van der Waals surface area contributed by atoms with E-state index in [0.717, 1.165) is 0 Å². The van der Waals surface area contributed by atoms with E-state index in [1.165, 1.54) is 0 Å². The van der Waals surface area contributed by atoms with Crippen LogP contribution in [0.4, 0.5) is 0 Å². The Morgan fingerprint density at radius 3 is 3.00 bits per heavy atom. The van der Waals surface area contributed by atoms with Crippen LogP contribution in [0, 0.1) is 0 Å². The van der Waals surface area contributed by atoms with Gasteiger partial charge in [0.05, 0.1) is 6.54 Å². The third kappa shape index (κ3) is 1.51. The topological polar surface area (TPSA) is 68.4 Å². The molecule has 0 aliphatic carbocycles. The van der Waals surface area contributed by atoms with Crippen molar-refractivity contribution >= 4 is 11.5 Å². The molecule has 0 aromatic heterocycles. The van der Waals surface area contributed by atoms with Crippen molar-refractivity contribution in [3.63, 3.8) is 0 Å². The molecule has 13 heavy (non-hydrogen) atoms. The van der Waals surface area contributed by atoms with E-state index in [-0.39, 0.29) is 5.71 Å². The molecule has 5 heteroatoms. The Balaban J connectivity index is 2.25. The van der Waals surface area contributed by atoms with E-state index in [4.69, 9.17) is 10.2 Å². The monoisotopic (exact) mass is 179 g/mol. The van der Waals surface area contributed by atoms with E-state index < -0.39 is 6.29 Å². The minimum absolute atomic E-state index is 0.231. The first-order valence-corrected chi connectivity index (χ1v) is 3.90. The van der Waals surface area contributed by atoms with Crippen LogP contribution < -0.4 is 0 Å². The molecular formula is C8H9N3O2. The number of fused-ring (bicyclic) bond motifs is 1. The summed E-state index contributed by atoms with van der Waals surface area (Å²) in [6.07, 6.45) is 5.26. The van der Waals surface area contributed by atoms with Gasteiger partial charge in [-0.3, -0.25) is 0 Å². The number of aliphatic hydroxyl groups is 2. The van der Waals surface area contributed by atoms with Crippen molar-refractivity contribution < 1.29 is 10.2 Å². The molecule has 0 radical (unpaired) electrons. The van der Waals surface area contributed by atoms with E-state index in [1.54, 1.807) is 23.4 Å². The van der Waals surface area contributed by atoms with Crippen LogP contribution in [0.1, 0.15) is 0 Å². The zero-order valence-electron chi connectivity index (χ0n) is 6.83. The van der Waals surface area contributed by atoms with Crippen molar-refractivity contribution in [3.8, 4) is 0 Å². The molecule has 5 nitrogen and oxygen atoms in total. The summed E-state index contributed by atoms with van der Waals surface area (Å²) in [7, 11) is 0. The second-order valence-electron chi connectivity index (χ2n) is 2.69. The standard InChI is InChI=1S/C8H9N3O2/c12-8(13)6-2-3-7-9-4-1-5-11(7)10-6/h1-4,8,12-13H,5H2. The molecule has 0 unspecified atom stereocenters. The maximum absolute atomic E-state index is 8.86. The van der Waals surface area contributed by atoms with Gasteiger partial charge < -0.3 is 10.2 Å². The molecule has 2 N–H and O–H groups in total. The molecule has 0 saturated carbocycles. The summed E-state index contributed by atoms with van der Waals surface area (Å²) in [5.41, 5.74) is 0.231. The molecule has 2 heterocycles. The van der Waals surface area contributed by atoms with Gasteiger partial charge in [-0.05, 0) is 18.2 Å². The van der Waals surface area contributed by atoms with Gasteiger partial charge in [-0.2, -0.15) is 5.10 Å². The van der Waals surface area contributed by atoms with Crippen LogP contribution >= 0.6 is 0 Å². The molecule has 0 atom stereocenters. The fraction of sp³-hybridized carbons (Fsp3) is 0.250. The lowest BCUT2D eigenvalue weighted by molar-refractivity contribution is 0.0193. The number of aliphatic hydroxyl groups excluding tert-OH is 1. The average molecular weight is 179 g/mol. The Kier molecular flexibility index (Phi) is 1.96. The molecular weight excluding hydrogens is 170 g/mol. The zero-order valence-corrected chi connectivity index (χ0v) is 6.83. The van der Waals surface area contributed by atoms with Crippen LogP contribution in [0.3, 0.4) is 0 Å². The Labute approximate surface area is 75.0 Å². The maximum Gasteiger partial charge on any atom is 0.197 e. The Hall–Kier alpha value is -1.46. The van der Waals surface area contributed by atoms with Gasteiger partial charge in [-0.1, -0.05) is 0 Å². The first-order valence-electron chi connectivity index (χ1n) is 3.90. The molecule has 68 valence electrons. The predicted molar refractivity (Wildman–Crippen MR) is 48.1 cm³/mol. The summed E-state index contributed by atoms with van der Waals surface area (Å²) >= 11 is 0. The average Bonchev–Trinajstić information content (AvgIpc) is 2.17. The molecule has 0 aromatic rings. The highest BCUT2D eigenvalue weighted by molar-refractivity contribution is 6.07. The number of hydrogen-bond acceptors (Lipinski definition) is 5. The lowest BCUT2D eigenvalue weighted by Gasteiger charge is -2.23. The number of rotatable bonds is 1. The van der Waals surface area contributed by atoms with Crippen molar-refractivity contribution in [1.82, 2.24) is 5.01 Å². The highest BCUT2D eigenvalue weighted by Crippen LogP contribution is 2.08. The number of hydrazone groups is 1. The van der Waals surface area contributed by atoms with Gasteiger partial charge in [-0.15, -0.1) is 0 Å². The fourth-order valence-electron chi connectivity index (χ4n) is 1.13. The molecule has 0 saturated heterocycles. The first kappa shape index (κ1) is 8.15. The van der Waals surface area contributed by atoms with Gasteiger partial charge in [0.1, 0.15) is 11.5 Å². The SMILES string of the molecule is OC(O)C1=NN2CC=CN=C2C=C1. The van der Waals surface area contributed by atoms with Crippen LogP contribution in [-0.4, -0.2) is 39.6 Å². The van der Waals surface area contributed by atoms with Crippen molar-refractivity contribution in [2.24, 2.45) is 10.1 Å². The second kappa shape index (κ2) is 3.12. The summed E-state index contributed by atoms with van der Waals surface area (Å²) in [5.74, 6) is 0.715. The van der Waals surface area contributed by atoms with Crippen molar-refractivity contribution in [2.75, 3.05) is 6.54 Å². The number of amidine groups is 1. The summed E-state index contributed by atoms with van der Waals surface area (Å²) in [6, 6.07) is 0. The van der Waals surface area contributed by atoms with Gasteiger partial charge in [-0.25, -0.2) is 10.0 Å². The maximum atomic E-state index is 8.86. The highest BCUT2D eigenvalue weighted by atomic mass is 16.5. The Bertz CT molecular complexity index is 328. The second-order valence-corrected chi connectivity index (χ2v) is 2.69. The lowest BCUT2D eigenvalue weighted by atomic mass is 10.2. The van der Waals surface area contributed by atoms with Gasteiger partial charge >= 0.3 is 0 Å². The van der Waals surface area contributed by atoms with E-state index in [2.05, 4.69) is 10.1 Å². The third-order valence-corrected chi connectivity index (χ3v) is 1.76. The molecule has 0 amide bonds. The summed E-state index contributed by atoms with van der Waals surface area (Å²) < 4.78 is 0. The molecule has 2 rings (SSSR count). The normalized spacial score (nSPS) is 20.1. The number of aliphatic imine (C=N–C) groups is 1. The van der Waals surface area contributed by atoms with Gasteiger partial charge in [0.15, 0.2) is 6.29 Å². The van der Waals surface area contributed by atoms with E-state index >= 15 is 0 Å². The van der Waals surface area contributed by atoms with Crippen LogP contribution in [-0.2, 0) is 0 Å². The molecule has 0 aromatic carbocycles. The first-order chi connectivity index (χ1) is 6.27. The van der Waals surface area contributed by atoms with Crippen molar-refractivity contribution in [2.45, 2.75) is 6.29 Å². The summed E-state index contributed by atoms with van der Waals surface area (Å²) in [6.45, 7) is 0.611. The number of nitrogens with zero attached hydrogens (tertiary/aromatic N) is 3. The largest absolute Gasteiger partial charge is 0.363 e. The third-order valence-electron chi connectivity index (χ3n) is 1.76.